The molecule has 0 aliphatic heterocycles. The van der Waals surface area contributed by atoms with Crippen molar-refractivity contribution in [3.8, 4) is 10.4 Å². The van der Waals surface area contributed by atoms with Crippen molar-refractivity contribution in [2.75, 3.05) is 0 Å². The standard InChI is InChI=1S/C16H12S/c1-10-6-7-13-14-9-11-4-2-3-5-12(11)16(14)17-15(13)8-10/h2-8H,9H2,1H3. The van der Waals surface area contributed by atoms with Crippen LogP contribution in [-0.4, -0.2) is 0 Å². The van der Waals surface area contributed by atoms with Crippen molar-refractivity contribution < 1.29 is 0 Å². The molecule has 0 atom stereocenters. The van der Waals surface area contributed by atoms with Gasteiger partial charge in [-0.2, -0.15) is 0 Å². The molecule has 0 spiro atoms. The van der Waals surface area contributed by atoms with Crippen LogP contribution in [0.5, 0.6) is 0 Å². The van der Waals surface area contributed by atoms with Gasteiger partial charge >= 0.3 is 0 Å². The van der Waals surface area contributed by atoms with Crippen LogP contribution in [0, 0.1) is 6.92 Å². The summed E-state index contributed by atoms with van der Waals surface area (Å²) in [6, 6.07) is 15.6. The fraction of sp³-hybridized carbons (Fsp3) is 0.125. The van der Waals surface area contributed by atoms with Gasteiger partial charge < -0.3 is 0 Å². The van der Waals surface area contributed by atoms with E-state index in [1.807, 2.05) is 11.3 Å². The molecule has 0 fully saturated rings. The average Bonchev–Trinajstić information content (AvgIpc) is 2.84. The van der Waals surface area contributed by atoms with Gasteiger partial charge in [-0.25, -0.2) is 0 Å². The maximum atomic E-state index is 2.31. The average molecular weight is 236 g/mol. The van der Waals surface area contributed by atoms with Gasteiger partial charge in [-0.3, -0.25) is 0 Å². The highest BCUT2D eigenvalue weighted by Gasteiger charge is 2.22. The molecule has 0 unspecified atom stereocenters. The minimum absolute atomic E-state index is 1.11. The lowest BCUT2D eigenvalue weighted by molar-refractivity contribution is 1.29. The third kappa shape index (κ3) is 1.23. The fourth-order valence-electron chi connectivity index (χ4n) is 2.74. The first kappa shape index (κ1) is 9.43. The molecule has 17 heavy (non-hydrogen) atoms. The van der Waals surface area contributed by atoms with Crippen LogP contribution in [-0.2, 0) is 6.42 Å². The Morgan fingerprint density at radius 1 is 1.06 bits per heavy atom. The van der Waals surface area contributed by atoms with Crippen LogP contribution < -0.4 is 0 Å². The summed E-state index contributed by atoms with van der Waals surface area (Å²) < 4.78 is 1.43. The number of thiophene rings is 1. The van der Waals surface area contributed by atoms with E-state index < -0.39 is 0 Å². The maximum Gasteiger partial charge on any atom is 0.0393 e. The number of rotatable bonds is 0. The Morgan fingerprint density at radius 2 is 1.94 bits per heavy atom. The van der Waals surface area contributed by atoms with E-state index in [9.17, 15) is 0 Å². The van der Waals surface area contributed by atoms with E-state index in [0.717, 1.165) is 6.42 Å². The van der Waals surface area contributed by atoms with Gasteiger partial charge in [0.2, 0.25) is 0 Å². The van der Waals surface area contributed by atoms with Crippen molar-refractivity contribution in [3.05, 3.63) is 59.2 Å². The summed E-state index contributed by atoms with van der Waals surface area (Å²) in [5, 5.41) is 1.45. The lowest BCUT2D eigenvalue weighted by atomic mass is 10.1. The number of aryl methyl sites for hydroxylation is 1. The predicted octanol–water partition coefficient (Wildman–Crippen LogP) is 4.78. The van der Waals surface area contributed by atoms with Gasteiger partial charge in [-0.15, -0.1) is 11.3 Å². The third-order valence-corrected chi connectivity index (χ3v) is 4.81. The summed E-state index contributed by atoms with van der Waals surface area (Å²) in [5.41, 5.74) is 5.81. The largest absolute Gasteiger partial charge is 0.135 e. The Hall–Kier alpha value is -1.60. The van der Waals surface area contributed by atoms with Crippen molar-refractivity contribution in [1.82, 2.24) is 0 Å². The second kappa shape index (κ2) is 3.21. The van der Waals surface area contributed by atoms with E-state index in [0.29, 0.717) is 0 Å². The van der Waals surface area contributed by atoms with Gasteiger partial charge in [0.25, 0.3) is 0 Å². The molecule has 0 nitrogen and oxygen atoms in total. The van der Waals surface area contributed by atoms with Gasteiger partial charge in [0, 0.05) is 16.0 Å². The molecule has 0 saturated heterocycles. The van der Waals surface area contributed by atoms with Crippen LogP contribution in [0.1, 0.15) is 16.7 Å². The lowest BCUT2D eigenvalue weighted by Crippen LogP contribution is -1.80. The molecule has 0 bridgehead atoms. The number of hydrogen-bond donors (Lipinski definition) is 0. The lowest BCUT2D eigenvalue weighted by Gasteiger charge is -1.98. The van der Waals surface area contributed by atoms with Gasteiger partial charge in [0.05, 0.1) is 0 Å². The molecule has 1 aliphatic carbocycles. The summed E-state index contributed by atoms with van der Waals surface area (Å²) in [5.74, 6) is 0. The van der Waals surface area contributed by atoms with Crippen molar-refractivity contribution in [2.24, 2.45) is 0 Å². The molecule has 1 aromatic heterocycles. The van der Waals surface area contributed by atoms with E-state index in [4.69, 9.17) is 0 Å². The maximum absolute atomic E-state index is 2.31. The molecule has 1 heterocycles. The Bertz CT molecular complexity index is 734. The van der Waals surface area contributed by atoms with Gasteiger partial charge in [0.1, 0.15) is 0 Å². The zero-order valence-corrected chi connectivity index (χ0v) is 10.5. The SMILES string of the molecule is Cc1ccc2c3c(sc2c1)-c1ccccc1C3. The van der Waals surface area contributed by atoms with Crippen LogP contribution >= 0.6 is 11.3 Å². The van der Waals surface area contributed by atoms with E-state index in [1.165, 1.54) is 37.2 Å². The van der Waals surface area contributed by atoms with Crippen molar-refractivity contribution in [2.45, 2.75) is 13.3 Å². The number of benzene rings is 2. The van der Waals surface area contributed by atoms with Crippen LogP contribution in [0.15, 0.2) is 42.5 Å². The Labute approximate surface area is 105 Å². The molecule has 82 valence electrons. The molecule has 0 amide bonds. The topological polar surface area (TPSA) is 0 Å². The van der Waals surface area contributed by atoms with Gasteiger partial charge in [0.15, 0.2) is 0 Å². The Kier molecular flexibility index (Phi) is 1.78. The summed E-state index contributed by atoms with van der Waals surface area (Å²) >= 11 is 1.94. The molecule has 1 heteroatoms. The van der Waals surface area contributed by atoms with Crippen LogP contribution in [0.3, 0.4) is 0 Å². The number of fused-ring (bicyclic) bond motifs is 5. The van der Waals surface area contributed by atoms with Gasteiger partial charge in [-0.1, -0.05) is 36.4 Å². The molecular formula is C16H12S. The second-order valence-corrected chi connectivity index (χ2v) is 5.80. The van der Waals surface area contributed by atoms with Crippen LogP contribution in [0.4, 0.5) is 0 Å². The highest BCUT2D eigenvalue weighted by Crippen LogP contribution is 2.46. The third-order valence-electron chi connectivity index (χ3n) is 3.58. The monoisotopic (exact) mass is 236 g/mol. The first-order chi connectivity index (χ1) is 8.33. The highest BCUT2D eigenvalue weighted by atomic mass is 32.1. The zero-order chi connectivity index (χ0) is 11.4. The molecule has 0 radical (unpaired) electrons. The molecule has 1 aliphatic rings. The van der Waals surface area contributed by atoms with E-state index in [1.54, 1.807) is 0 Å². The van der Waals surface area contributed by atoms with Crippen molar-refractivity contribution >= 4 is 21.4 Å². The minimum atomic E-state index is 1.11. The van der Waals surface area contributed by atoms with Crippen molar-refractivity contribution in [3.63, 3.8) is 0 Å². The summed E-state index contributed by atoms with van der Waals surface area (Å²) in [6.07, 6.45) is 1.11. The van der Waals surface area contributed by atoms with Crippen LogP contribution in [0.25, 0.3) is 20.5 Å². The van der Waals surface area contributed by atoms with E-state index in [2.05, 4.69) is 49.4 Å². The van der Waals surface area contributed by atoms with Crippen LogP contribution in [0.2, 0.25) is 0 Å². The fourth-order valence-corrected chi connectivity index (χ4v) is 4.12. The quantitative estimate of drug-likeness (QED) is 0.412. The summed E-state index contributed by atoms with van der Waals surface area (Å²) in [6.45, 7) is 2.16. The molecule has 4 rings (SSSR count). The second-order valence-electron chi connectivity index (χ2n) is 4.74. The van der Waals surface area contributed by atoms with E-state index >= 15 is 0 Å². The summed E-state index contributed by atoms with van der Waals surface area (Å²) in [4.78, 5) is 1.49. The summed E-state index contributed by atoms with van der Waals surface area (Å²) in [7, 11) is 0. The number of hydrogen-bond acceptors (Lipinski definition) is 1. The van der Waals surface area contributed by atoms with E-state index in [-0.39, 0.29) is 0 Å². The zero-order valence-electron chi connectivity index (χ0n) is 9.66. The molecule has 0 saturated carbocycles. The smallest absolute Gasteiger partial charge is 0.0393 e. The predicted molar refractivity (Wildman–Crippen MR) is 74.8 cm³/mol. The highest BCUT2D eigenvalue weighted by molar-refractivity contribution is 7.22. The van der Waals surface area contributed by atoms with Gasteiger partial charge in [-0.05, 0) is 40.6 Å². The minimum Gasteiger partial charge on any atom is -0.135 e. The first-order valence-corrected chi connectivity index (χ1v) is 6.75. The Balaban J connectivity index is 2.08. The molecular weight excluding hydrogens is 224 g/mol. The first-order valence-electron chi connectivity index (χ1n) is 5.93. The Morgan fingerprint density at radius 3 is 2.88 bits per heavy atom. The molecule has 0 N–H and O–H groups in total. The molecule has 3 aromatic rings. The molecule has 2 aromatic carbocycles. The normalized spacial score (nSPS) is 12.8. The van der Waals surface area contributed by atoms with Crippen molar-refractivity contribution in [1.29, 1.82) is 0 Å².